The van der Waals surface area contributed by atoms with Crippen molar-refractivity contribution in [1.29, 1.82) is 0 Å². The van der Waals surface area contributed by atoms with Crippen LogP contribution in [-0.4, -0.2) is 18.2 Å². The molecule has 0 N–H and O–H groups in total. The van der Waals surface area contributed by atoms with Crippen molar-refractivity contribution < 1.29 is 19.3 Å². The molecule has 0 saturated carbocycles. The minimum absolute atomic E-state index is 0.327. The zero-order chi connectivity index (χ0) is 12.6. The van der Waals surface area contributed by atoms with Crippen LogP contribution in [0.25, 0.3) is 0 Å². The van der Waals surface area contributed by atoms with Gasteiger partial charge in [0.25, 0.3) is 0 Å². The van der Waals surface area contributed by atoms with E-state index in [0.717, 1.165) is 6.42 Å². The third kappa shape index (κ3) is 8.29. The number of esters is 1. The van der Waals surface area contributed by atoms with Gasteiger partial charge in [0.05, 0.1) is 12.7 Å². The van der Waals surface area contributed by atoms with E-state index in [4.69, 9.17) is 14.5 Å². The van der Waals surface area contributed by atoms with Gasteiger partial charge in [-0.2, -0.15) is 4.89 Å². The molecule has 0 fully saturated rings. The summed E-state index contributed by atoms with van der Waals surface area (Å²) in [6, 6.07) is 0. The molecule has 0 amide bonds. The van der Waals surface area contributed by atoms with Crippen molar-refractivity contribution in [3.8, 4) is 0 Å². The molecule has 4 nitrogen and oxygen atoms in total. The van der Waals surface area contributed by atoms with E-state index in [0.29, 0.717) is 12.5 Å². The molecule has 0 spiro atoms. The molecule has 16 heavy (non-hydrogen) atoms. The summed E-state index contributed by atoms with van der Waals surface area (Å²) >= 11 is 0. The molecule has 0 aromatic carbocycles. The van der Waals surface area contributed by atoms with E-state index in [9.17, 15) is 4.79 Å². The van der Waals surface area contributed by atoms with Gasteiger partial charge in [0, 0.05) is 0 Å². The summed E-state index contributed by atoms with van der Waals surface area (Å²) in [6.45, 7) is 10.1. The standard InChI is InChI=1S/C12H22O4/c1-6-12(4,5)16-15-8-7-11(13)14-9-10(2)3/h7-8,10H,6,9H2,1-5H3. The van der Waals surface area contributed by atoms with Crippen LogP contribution >= 0.6 is 0 Å². The van der Waals surface area contributed by atoms with Crippen molar-refractivity contribution in [2.24, 2.45) is 5.92 Å². The predicted octanol–water partition coefficient (Wildman–Crippen LogP) is 2.84. The molecule has 4 heteroatoms. The quantitative estimate of drug-likeness (QED) is 0.222. The Morgan fingerprint density at radius 1 is 1.38 bits per heavy atom. The molecule has 0 aliphatic heterocycles. The monoisotopic (exact) mass is 230 g/mol. The second-order valence-electron chi connectivity index (χ2n) is 4.62. The van der Waals surface area contributed by atoms with Gasteiger partial charge in [-0.05, 0) is 26.2 Å². The van der Waals surface area contributed by atoms with E-state index >= 15 is 0 Å². The highest BCUT2D eigenvalue weighted by atomic mass is 17.2. The lowest BCUT2D eigenvalue weighted by molar-refractivity contribution is -0.316. The highest BCUT2D eigenvalue weighted by Crippen LogP contribution is 2.13. The Kier molecular flexibility index (Phi) is 6.81. The Bertz CT molecular complexity index is 231. The Morgan fingerprint density at radius 3 is 2.50 bits per heavy atom. The number of hydrogen-bond acceptors (Lipinski definition) is 4. The molecule has 94 valence electrons. The first-order valence-corrected chi connectivity index (χ1v) is 5.55. The van der Waals surface area contributed by atoms with Crippen LogP contribution in [0.15, 0.2) is 12.3 Å². The Balaban J connectivity index is 3.72. The van der Waals surface area contributed by atoms with Gasteiger partial charge in [0.1, 0.15) is 11.9 Å². The third-order valence-electron chi connectivity index (χ3n) is 1.94. The van der Waals surface area contributed by atoms with Crippen LogP contribution in [0.4, 0.5) is 0 Å². The van der Waals surface area contributed by atoms with Crippen molar-refractivity contribution in [2.75, 3.05) is 6.61 Å². The number of carbonyl (C=O) groups excluding carboxylic acids is 1. The molecule has 0 aromatic rings. The molecule has 0 bridgehead atoms. The van der Waals surface area contributed by atoms with E-state index in [1.807, 2.05) is 34.6 Å². The summed E-state index contributed by atoms with van der Waals surface area (Å²) < 4.78 is 4.90. The third-order valence-corrected chi connectivity index (χ3v) is 1.94. The summed E-state index contributed by atoms with van der Waals surface area (Å²) in [5, 5.41) is 0. The molecular weight excluding hydrogens is 208 g/mol. The lowest BCUT2D eigenvalue weighted by Crippen LogP contribution is -2.22. The van der Waals surface area contributed by atoms with Crippen LogP contribution in [0, 0.1) is 5.92 Å². The van der Waals surface area contributed by atoms with E-state index in [2.05, 4.69) is 0 Å². The SMILES string of the molecule is CCC(C)(C)OOC=CC(=O)OCC(C)C. The first kappa shape index (κ1) is 15.0. The van der Waals surface area contributed by atoms with E-state index < -0.39 is 5.97 Å². The Morgan fingerprint density at radius 2 is 2.00 bits per heavy atom. The van der Waals surface area contributed by atoms with Gasteiger partial charge in [0.2, 0.25) is 0 Å². The average Bonchev–Trinajstić information content (AvgIpc) is 2.21. The normalized spacial score (nSPS) is 12.1. The second-order valence-corrected chi connectivity index (χ2v) is 4.62. The van der Waals surface area contributed by atoms with E-state index in [-0.39, 0.29) is 5.60 Å². The minimum Gasteiger partial charge on any atom is -0.462 e. The fourth-order valence-electron chi connectivity index (χ4n) is 0.597. The molecule has 0 aliphatic rings. The van der Waals surface area contributed by atoms with Crippen LogP contribution in [0.1, 0.15) is 41.0 Å². The fourth-order valence-corrected chi connectivity index (χ4v) is 0.597. The summed E-state index contributed by atoms with van der Waals surface area (Å²) in [5.74, 6) is -0.0971. The number of hydrogen-bond donors (Lipinski definition) is 0. The molecule has 0 radical (unpaired) electrons. The van der Waals surface area contributed by atoms with Crippen LogP contribution in [0.3, 0.4) is 0 Å². The van der Waals surface area contributed by atoms with Gasteiger partial charge in [-0.15, -0.1) is 0 Å². The molecule has 0 saturated heterocycles. The molecule has 0 rings (SSSR count). The largest absolute Gasteiger partial charge is 0.462 e. The lowest BCUT2D eigenvalue weighted by Gasteiger charge is -2.19. The maximum atomic E-state index is 11.1. The van der Waals surface area contributed by atoms with Crippen LogP contribution < -0.4 is 0 Å². The van der Waals surface area contributed by atoms with E-state index in [1.54, 1.807) is 0 Å². The van der Waals surface area contributed by atoms with Crippen molar-refractivity contribution >= 4 is 5.97 Å². The molecule has 0 aliphatic carbocycles. The van der Waals surface area contributed by atoms with Gasteiger partial charge in [-0.1, -0.05) is 20.8 Å². The van der Waals surface area contributed by atoms with Crippen molar-refractivity contribution in [2.45, 2.75) is 46.6 Å². The predicted molar refractivity (Wildman–Crippen MR) is 61.5 cm³/mol. The van der Waals surface area contributed by atoms with Crippen LogP contribution in [-0.2, 0) is 19.3 Å². The van der Waals surface area contributed by atoms with Gasteiger partial charge < -0.3 is 9.62 Å². The maximum Gasteiger partial charge on any atom is 0.334 e. The highest BCUT2D eigenvalue weighted by molar-refractivity contribution is 5.81. The molecule has 0 unspecified atom stereocenters. The smallest absolute Gasteiger partial charge is 0.334 e. The second kappa shape index (κ2) is 7.28. The minimum atomic E-state index is -0.424. The summed E-state index contributed by atoms with van der Waals surface area (Å²) in [4.78, 5) is 20.9. The molecule has 0 aromatic heterocycles. The fraction of sp³-hybridized carbons (Fsp3) is 0.750. The highest BCUT2D eigenvalue weighted by Gasteiger charge is 2.16. The van der Waals surface area contributed by atoms with Crippen molar-refractivity contribution in [3.05, 3.63) is 12.3 Å². The number of ether oxygens (including phenoxy) is 1. The topological polar surface area (TPSA) is 44.8 Å². The molecular formula is C12H22O4. The van der Waals surface area contributed by atoms with Crippen molar-refractivity contribution in [3.63, 3.8) is 0 Å². The lowest BCUT2D eigenvalue weighted by atomic mass is 10.1. The molecule has 0 atom stereocenters. The first-order valence-electron chi connectivity index (χ1n) is 5.55. The summed E-state index contributed by atoms with van der Waals surface area (Å²) in [5.41, 5.74) is -0.355. The van der Waals surface area contributed by atoms with Gasteiger partial charge in [-0.3, -0.25) is 0 Å². The average molecular weight is 230 g/mol. The van der Waals surface area contributed by atoms with Crippen LogP contribution in [0.2, 0.25) is 0 Å². The summed E-state index contributed by atoms with van der Waals surface area (Å²) in [7, 11) is 0. The summed E-state index contributed by atoms with van der Waals surface area (Å²) in [6.07, 6.45) is 3.22. The first-order chi connectivity index (χ1) is 7.37. The Labute approximate surface area is 97.5 Å². The molecule has 0 heterocycles. The van der Waals surface area contributed by atoms with Crippen LogP contribution in [0.5, 0.6) is 0 Å². The maximum absolute atomic E-state index is 11.1. The van der Waals surface area contributed by atoms with Gasteiger partial charge in [-0.25, -0.2) is 4.79 Å². The number of rotatable bonds is 7. The number of carbonyl (C=O) groups is 1. The van der Waals surface area contributed by atoms with E-state index in [1.165, 1.54) is 12.3 Å². The van der Waals surface area contributed by atoms with Gasteiger partial charge in [0.15, 0.2) is 0 Å². The zero-order valence-electron chi connectivity index (χ0n) is 10.8. The Hall–Kier alpha value is -1.03. The van der Waals surface area contributed by atoms with Gasteiger partial charge >= 0.3 is 5.97 Å². The zero-order valence-corrected chi connectivity index (χ0v) is 10.8. The van der Waals surface area contributed by atoms with Crippen molar-refractivity contribution in [1.82, 2.24) is 0 Å².